The van der Waals surface area contributed by atoms with Gasteiger partial charge in [-0.3, -0.25) is 4.79 Å². The summed E-state index contributed by atoms with van der Waals surface area (Å²) in [5.41, 5.74) is 1.37. The minimum absolute atomic E-state index is 0.251. The predicted molar refractivity (Wildman–Crippen MR) is 116 cm³/mol. The van der Waals surface area contributed by atoms with Gasteiger partial charge in [0.2, 0.25) is 6.10 Å². The van der Waals surface area contributed by atoms with Crippen LogP contribution in [-0.4, -0.2) is 56.8 Å². The number of esters is 1. The van der Waals surface area contributed by atoms with Crippen LogP contribution < -0.4 is 9.47 Å². The van der Waals surface area contributed by atoms with Crippen LogP contribution in [0.3, 0.4) is 0 Å². The van der Waals surface area contributed by atoms with Crippen molar-refractivity contribution in [3.63, 3.8) is 0 Å². The molecule has 31 heavy (non-hydrogen) atoms. The number of carbonyl (C=O) groups is 2. The number of methoxy groups -OCH3 is 1. The summed E-state index contributed by atoms with van der Waals surface area (Å²) in [6.45, 7) is 4.31. The van der Waals surface area contributed by atoms with Crippen molar-refractivity contribution in [2.45, 2.75) is 13.0 Å². The van der Waals surface area contributed by atoms with Gasteiger partial charge in [0.25, 0.3) is 5.91 Å². The summed E-state index contributed by atoms with van der Waals surface area (Å²) in [4.78, 5) is 27.2. The van der Waals surface area contributed by atoms with E-state index in [4.69, 9.17) is 18.9 Å². The summed E-state index contributed by atoms with van der Waals surface area (Å²) >= 11 is 0. The lowest BCUT2D eigenvalue weighted by Crippen LogP contribution is -2.44. The van der Waals surface area contributed by atoms with Gasteiger partial charge in [0.05, 0.1) is 26.9 Å². The number of amides is 1. The Morgan fingerprint density at radius 2 is 1.84 bits per heavy atom. The molecule has 0 aromatic heterocycles. The first-order valence-corrected chi connectivity index (χ1v) is 10.2. The van der Waals surface area contributed by atoms with Crippen LogP contribution in [-0.2, 0) is 19.1 Å². The molecule has 2 aromatic rings. The van der Waals surface area contributed by atoms with E-state index in [1.807, 2.05) is 31.2 Å². The monoisotopic (exact) mass is 425 g/mol. The number of benzene rings is 2. The first-order valence-electron chi connectivity index (χ1n) is 10.2. The molecule has 2 aromatic carbocycles. The molecule has 0 unspecified atom stereocenters. The van der Waals surface area contributed by atoms with E-state index in [9.17, 15) is 9.59 Å². The average Bonchev–Trinajstić information content (AvgIpc) is 2.82. The summed E-state index contributed by atoms with van der Waals surface area (Å²) < 4.78 is 21.7. The number of rotatable bonds is 8. The van der Waals surface area contributed by atoms with E-state index in [2.05, 4.69) is 0 Å². The highest BCUT2D eigenvalue weighted by Crippen LogP contribution is 2.28. The van der Waals surface area contributed by atoms with Crippen molar-refractivity contribution in [2.75, 3.05) is 40.0 Å². The number of morpholine rings is 1. The Kier molecular flexibility index (Phi) is 8.06. The van der Waals surface area contributed by atoms with Gasteiger partial charge in [-0.25, -0.2) is 4.79 Å². The highest BCUT2D eigenvalue weighted by Gasteiger charge is 2.29. The number of nitrogens with zero attached hydrogens (tertiary/aromatic N) is 1. The molecule has 3 rings (SSSR count). The molecule has 1 aliphatic heterocycles. The third kappa shape index (κ3) is 6.08. The molecule has 0 aliphatic carbocycles. The standard InChI is InChI=1S/C24H27NO6/c1-3-30-20-11-9-18(17-21(20)28-2)10-12-22(26)31-23(19-7-5-4-6-8-19)24(27)25-13-15-29-16-14-25/h4-12,17,23H,3,13-16H2,1-2H3/b12-10+/t23-/m0/s1. The van der Waals surface area contributed by atoms with Gasteiger partial charge < -0.3 is 23.8 Å². The fourth-order valence-corrected chi connectivity index (χ4v) is 3.22. The van der Waals surface area contributed by atoms with Gasteiger partial charge in [0.1, 0.15) is 0 Å². The van der Waals surface area contributed by atoms with Crippen molar-refractivity contribution < 1.29 is 28.5 Å². The molecule has 7 heteroatoms. The molecular weight excluding hydrogens is 398 g/mol. The number of ether oxygens (including phenoxy) is 4. The fraction of sp³-hybridized carbons (Fsp3) is 0.333. The smallest absolute Gasteiger partial charge is 0.331 e. The molecule has 1 aliphatic rings. The van der Waals surface area contributed by atoms with Crippen molar-refractivity contribution in [2.24, 2.45) is 0 Å². The van der Waals surface area contributed by atoms with Gasteiger partial charge in [0, 0.05) is 24.7 Å². The largest absolute Gasteiger partial charge is 0.493 e. The van der Waals surface area contributed by atoms with E-state index in [1.54, 1.807) is 42.4 Å². The summed E-state index contributed by atoms with van der Waals surface area (Å²) in [6, 6.07) is 14.4. The van der Waals surface area contributed by atoms with E-state index in [1.165, 1.54) is 6.08 Å². The van der Waals surface area contributed by atoms with Crippen LogP contribution >= 0.6 is 0 Å². The van der Waals surface area contributed by atoms with Crippen LogP contribution in [0.15, 0.2) is 54.6 Å². The summed E-state index contributed by atoms with van der Waals surface area (Å²) in [5, 5.41) is 0. The van der Waals surface area contributed by atoms with Crippen LogP contribution in [0.1, 0.15) is 24.2 Å². The minimum Gasteiger partial charge on any atom is -0.493 e. The lowest BCUT2D eigenvalue weighted by molar-refractivity contribution is -0.159. The van der Waals surface area contributed by atoms with Gasteiger partial charge in [-0.1, -0.05) is 36.4 Å². The fourth-order valence-electron chi connectivity index (χ4n) is 3.22. The third-order valence-corrected chi connectivity index (χ3v) is 4.78. The van der Waals surface area contributed by atoms with Crippen LogP contribution in [0.25, 0.3) is 6.08 Å². The molecule has 0 bridgehead atoms. The van der Waals surface area contributed by atoms with E-state index in [0.29, 0.717) is 50.0 Å². The van der Waals surface area contributed by atoms with Crippen molar-refractivity contribution in [1.82, 2.24) is 4.90 Å². The molecule has 1 saturated heterocycles. The average molecular weight is 425 g/mol. The molecule has 1 amide bonds. The molecule has 0 radical (unpaired) electrons. The Hall–Kier alpha value is -3.32. The SMILES string of the molecule is CCOc1ccc(/C=C/C(=O)O[C@H](C(=O)N2CCOCC2)c2ccccc2)cc1OC. The highest BCUT2D eigenvalue weighted by molar-refractivity contribution is 5.91. The van der Waals surface area contributed by atoms with Crippen molar-refractivity contribution >= 4 is 18.0 Å². The lowest BCUT2D eigenvalue weighted by atomic mass is 10.1. The molecule has 0 saturated carbocycles. The van der Waals surface area contributed by atoms with Crippen molar-refractivity contribution in [3.8, 4) is 11.5 Å². The van der Waals surface area contributed by atoms with Gasteiger partial charge in [-0.2, -0.15) is 0 Å². The van der Waals surface area contributed by atoms with Gasteiger partial charge in [-0.05, 0) is 30.7 Å². The zero-order valence-corrected chi connectivity index (χ0v) is 17.8. The lowest BCUT2D eigenvalue weighted by Gasteiger charge is -2.30. The van der Waals surface area contributed by atoms with E-state index in [0.717, 1.165) is 5.56 Å². The molecule has 0 spiro atoms. The Labute approximate surface area is 182 Å². The van der Waals surface area contributed by atoms with Crippen molar-refractivity contribution in [1.29, 1.82) is 0 Å². The zero-order chi connectivity index (χ0) is 22.1. The van der Waals surface area contributed by atoms with Gasteiger partial charge >= 0.3 is 5.97 Å². The number of hydrogen-bond acceptors (Lipinski definition) is 6. The third-order valence-electron chi connectivity index (χ3n) is 4.78. The second-order valence-corrected chi connectivity index (χ2v) is 6.84. The first kappa shape index (κ1) is 22.4. The maximum absolute atomic E-state index is 13.0. The molecule has 0 N–H and O–H groups in total. The van der Waals surface area contributed by atoms with E-state index in [-0.39, 0.29) is 5.91 Å². The summed E-state index contributed by atoms with van der Waals surface area (Å²) in [6.07, 6.45) is 1.91. The molecule has 1 heterocycles. The maximum Gasteiger partial charge on any atom is 0.331 e. The van der Waals surface area contributed by atoms with Crippen LogP contribution in [0, 0.1) is 0 Å². The predicted octanol–water partition coefficient (Wildman–Crippen LogP) is 3.25. The maximum atomic E-state index is 13.0. The van der Waals surface area contributed by atoms with Crippen LogP contribution in [0.5, 0.6) is 11.5 Å². The topological polar surface area (TPSA) is 74.3 Å². The number of carbonyl (C=O) groups excluding carboxylic acids is 2. The molecule has 164 valence electrons. The Morgan fingerprint density at radius 1 is 1.10 bits per heavy atom. The van der Waals surface area contributed by atoms with E-state index < -0.39 is 12.1 Å². The van der Waals surface area contributed by atoms with Crippen LogP contribution in [0.4, 0.5) is 0 Å². The van der Waals surface area contributed by atoms with Gasteiger partial charge in [-0.15, -0.1) is 0 Å². The van der Waals surface area contributed by atoms with Crippen molar-refractivity contribution in [3.05, 3.63) is 65.7 Å². The zero-order valence-electron chi connectivity index (χ0n) is 17.8. The second kappa shape index (κ2) is 11.2. The quantitative estimate of drug-likeness (QED) is 0.478. The molecule has 1 fully saturated rings. The van der Waals surface area contributed by atoms with Crippen LogP contribution in [0.2, 0.25) is 0 Å². The summed E-state index contributed by atoms with van der Waals surface area (Å²) in [5.74, 6) is 0.342. The second-order valence-electron chi connectivity index (χ2n) is 6.84. The number of hydrogen-bond donors (Lipinski definition) is 0. The Morgan fingerprint density at radius 3 is 2.52 bits per heavy atom. The van der Waals surface area contributed by atoms with E-state index >= 15 is 0 Å². The molecule has 7 nitrogen and oxygen atoms in total. The van der Waals surface area contributed by atoms with Gasteiger partial charge in [0.15, 0.2) is 11.5 Å². The highest BCUT2D eigenvalue weighted by atomic mass is 16.5. The Balaban J connectivity index is 1.73. The molecule has 1 atom stereocenters. The normalized spacial score (nSPS) is 14.8. The Bertz CT molecular complexity index is 906. The first-order chi connectivity index (χ1) is 15.1. The summed E-state index contributed by atoms with van der Waals surface area (Å²) in [7, 11) is 1.56. The minimum atomic E-state index is -1.01. The molecular formula is C24H27NO6.